The van der Waals surface area contributed by atoms with Crippen molar-refractivity contribution in [3.63, 3.8) is 0 Å². The van der Waals surface area contributed by atoms with Gasteiger partial charge in [0.05, 0.1) is 26.0 Å². The number of nitrogens with one attached hydrogen (secondary N) is 2. The molecule has 16 heteroatoms. The van der Waals surface area contributed by atoms with Crippen LogP contribution in [-0.2, 0) is 16.1 Å². The summed E-state index contributed by atoms with van der Waals surface area (Å²) in [7, 11) is 0. The van der Waals surface area contributed by atoms with Gasteiger partial charge >= 0.3 is 12.0 Å². The number of pyridine rings is 1. The van der Waals surface area contributed by atoms with Crippen molar-refractivity contribution in [2.24, 2.45) is 0 Å². The van der Waals surface area contributed by atoms with E-state index in [1.165, 1.54) is 18.2 Å². The maximum absolute atomic E-state index is 13.3. The number of fused-ring (bicyclic) bond motifs is 1. The lowest BCUT2D eigenvalue weighted by atomic mass is 10.0. The molecule has 0 spiro atoms. The molecule has 1 aliphatic heterocycles. The Morgan fingerprint density at radius 3 is 2.47 bits per heavy atom. The first-order valence-corrected chi connectivity index (χ1v) is 14.8. The Kier molecular flexibility index (Phi) is 9.96. The molecule has 0 radical (unpaired) electrons. The average Bonchev–Trinajstić information content (AvgIpc) is 3.77. The van der Waals surface area contributed by atoms with E-state index in [-0.39, 0.29) is 6.61 Å². The molecule has 9 N–H and O–H groups in total. The van der Waals surface area contributed by atoms with E-state index in [0.29, 0.717) is 23.7 Å². The molecule has 0 bridgehead atoms. The minimum atomic E-state index is -1.42. The van der Waals surface area contributed by atoms with Crippen LogP contribution in [0.25, 0.3) is 32.3 Å². The number of esters is 1. The molecule has 0 saturated carbocycles. The van der Waals surface area contributed by atoms with E-state index < -0.39 is 48.2 Å². The van der Waals surface area contributed by atoms with Gasteiger partial charge in [0.2, 0.25) is 5.76 Å². The van der Waals surface area contributed by atoms with Crippen LogP contribution in [0.1, 0.15) is 0 Å². The number of hydrogen-bond acceptors (Lipinski definition) is 12. The highest BCUT2D eigenvalue weighted by Crippen LogP contribution is 2.41. The van der Waals surface area contributed by atoms with Crippen molar-refractivity contribution in [3.05, 3.63) is 89.8 Å². The van der Waals surface area contributed by atoms with Crippen LogP contribution in [0, 0.1) is 5.82 Å². The van der Waals surface area contributed by atoms with Crippen LogP contribution in [-0.4, -0.2) is 77.7 Å². The SMILES string of the molecule is Nc1ncc(-c2cnn(CCO)c2)c2scc(-c3ccc(NC(=O)Nc4cccc(F)c4)cc3)c12.O=C1O[C@H]([C@@H](O)CO)C(O)=C1O. The van der Waals surface area contributed by atoms with Crippen LogP contribution >= 0.6 is 11.3 Å². The zero-order chi connectivity index (χ0) is 33.7. The fourth-order valence-corrected chi connectivity index (χ4v) is 5.75. The number of hydrogen-bond donors (Lipinski definition) is 8. The molecular formula is C31H29FN6O8S. The van der Waals surface area contributed by atoms with E-state index in [1.807, 2.05) is 23.7 Å². The topological polar surface area (TPSA) is 225 Å². The number of carbonyl (C=O) groups excluding carboxylic acids is 2. The lowest BCUT2D eigenvalue weighted by Gasteiger charge is -2.13. The standard InChI is InChI=1S/C25H21FN6O2S.C6H8O6/c26-17-2-1-3-19(10-17)31-25(34)30-18-6-4-15(5-7-18)21-14-35-23-20(12-28-24(27)22(21)23)16-11-29-32(13-16)8-9-33;7-1-2(8)5-3(9)4(10)6(11)12-5/h1-7,10-14,33H,8-9H2,(H2,27,28)(H2,30,31,34);2,5,7-10H,1H2/t;2-,5+/m.0/s1. The van der Waals surface area contributed by atoms with Crippen molar-refractivity contribution in [2.75, 3.05) is 29.6 Å². The molecule has 0 fully saturated rings. The second-order valence-corrected chi connectivity index (χ2v) is 11.0. The second kappa shape index (κ2) is 14.3. The summed E-state index contributed by atoms with van der Waals surface area (Å²) >= 11 is 1.57. The van der Waals surface area contributed by atoms with Gasteiger partial charge in [0.1, 0.15) is 17.7 Å². The number of benzene rings is 2. The number of cyclic esters (lactones) is 1. The molecule has 47 heavy (non-hydrogen) atoms. The number of anilines is 3. The van der Waals surface area contributed by atoms with Crippen molar-refractivity contribution in [1.29, 1.82) is 0 Å². The van der Waals surface area contributed by atoms with E-state index in [4.69, 9.17) is 31.3 Å². The predicted molar refractivity (Wildman–Crippen MR) is 172 cm³/mol. The van der Waals surface area contributed by atoms with E-state index in [9.17, 15) is 14.0 Å². The molecule has 2 amide bonds. The molecule has 3 aromatic heterocycles. The third-order valence-corrected chi connectivity index (χ3v) is 7.92. The molecule has 0 aliphatic carbocycles. The maximum Gasteiger partial charge on any atom is 0.377 e. The van der Waals surface area contributed by atoms with Gasteiger partial charge in [0.25, 0.3) is 0 Å². The van der Waals surface area contributed by atoms with Crippen LogP contribution in [0.5, 0.6) is 0 Å². The number of nitrogens with zero attached hydrogens (tertiary/aromatic N) is 3. The van der Waals surface area contributed by atoms with E-state index in [0.717, 1.165) is 32.3 Å². The number of nitrogens with two attached hydrogens (primary N) is 1. The van der Waals surface area contributed by atoms with Crippen LogP contribution in [0.4, 0.5) is 26.4 Å². The lowest BCUT2D eigenvalue weighted by molar-refractivity contribution is -0.147. The summed E-state index contributed by atoms with van der Waals surface area (Å²) in [4.78, 5) is 27.2. The fraction of sp³-hybridized carbons (Fsp3) is 0.161. The molecule has 2 atom stereocenters. The third-order valence-electron chi connectivity index (χ3n) is 6.91. The Morgan fingerprint density at radius 2 is 1.81 bits per heavy atom. The van der Waals surface area contributed by atoms with Gasteiger partial charge in [0.15, 0.2) is 11.9 Å². The summed E-state index contributed by atoms with van der Waals surface area (Å²) in [6.45, 7) is -0.242. The van der Waals surface area contributed by atoms with Gasteiger partial charge in [-0.3, -0.25) is 4.68 Å². The molecule has 6 rings (SSSR count). The molecule has 244 valence electrons. The summed E-state index contributed by atoms with van der Waals surface area (Å²) in [5.74, 6) is -2.77. The highest BCUT2D eigenvalue weighted by atomic mass is 32.1. The molecule has 0 unspecified atom stereocenters. The summed E-state index contributed by atoms with van der Waals surface area (Å²) in [6.07, 6.45) is 2.58. The Labute approximate surface area is 269 Å². The summed E-state index contributed by atoms with van der Waals surface area (Å²) in [6, 6.07) is 12.6. The van der Waals surface area contributed by atoms with Crippen molar-refractivity contribution in [3.8, 4) is 22.3 Å². The van der Waals surface area contributed by atoms with Crippen molar-refractivity contribution in [1.82, 2.24) is 14.8 Å². The molecular weight excluding hydrogens is 635 g/mol. The quantitative estimate of drug-likeness (QED) is 0.111. The lowest BCUT2D eigenvalue weighted by Crippen LogP contribution is -2.31. The van der Waals surface area contributed by atoms with Gasteiger partial charge in [0, 0.05) is 50.5 Å². The monoisotopic (exact) mass is 664 g/mol. The van der Waals surface area contributed by atoms with Gasteiger partial charge in [-0.15, -0.1) is 11.3 Å². The molecule has 4 heterocycles. The van der Waals surface area contributed by atoms with Gasteiger partial charge in [-0.1, -0.05) is 18.2 Å². The van der Waals surface area contributed by atoms with E-state index in [2.05, 4.69) is 25.5 Å². The van der Waals surface area contributed by atoms with Crippen molar-refractivity contribution < 1.29 is 44.2 Å². The van der Waals surface area contributed by atoms with Gasteiger partial charge in [-0.05, 0) is 41.3 Å². The molecule has 5 aromatic rings. The zero-order valence-electron chi connectivity index (χ0n) is 24.4. The number of carbonyl (C=O) groups is 2. The largest absolute Gasteiger partial charge is 0.505 e. The number of halogens is 1. The first kappa shape index (κ1) is 32.8. The highest BCUT2D eigenvalue weighted by molar-refractivity contribution is 7.18. The first-order chi connectivity index (χ1) is 22.6. The van der Waals surface area contributed by atoms with E-state index >= 15 is 0 Å². The minimum Gasteiger partial charge on any atom is -0.505 e. The predicted octanol–water partition coefficient (Wildman–Crippen LogP) is 3.78. The fourth-order valence-electron chi connectivity index (χ4n) is 4.63. The molecule has 2 aromatic carbocycles. The zero-order valence-corrected chi connectivity index (χ0v) is 25.2. The van der Waals surface area contributed by atoms with Crippen molar-refractivity contribution >= 4 is 50.6 Å². The van der Waals surface area contributed by atoms with Crippen molar-refractivity contribution in [2.45, 2.75) is 18.8 Å². The molecule has 0 saturated heterocycles. The number of urea groups is 1. The second-order valence-electron chi connectivity index (χ2n) is 10.1. The van der Waals surface area contributed by atoms with Gasteiger partial charge in [-0.25, -0.2) is 19.0 Å². The maximum atomic E-state index is 13.3. The first-order valence-electron chi connectivity index (χ1n) is 13.9. The molecule has 1 aliphatic rings. The third kappa shape index (κ3) is 7.31. The van der Waals surface area contributed by atoms with Crippen LogP contribution < -0.4 is 16.4 Å². The van der Waals surface area contributed by atoms with Gasteiger partial charge < -0.3 is 46.6 Å². The summed E-state index contributed by atoms with van der Waals surface area (Å²) in [5.41, 5.74) is 10.9. The van der Waals surface area contributed by atoms with Gasteiger partial charge in [-0.2, -0.15) is 5.10 Å². The average molecular weight is 665 g/mol. The number of thiophene rings is 1. The smallest absolute Gasteiger partial charge is 0.377 e. The number of aliphatic hydroxyl groups excluding tert-OH is 5. The number of aromatic nitrogens is 3. The van der Waals surface area contributed by atoms with Crippen LogP contribution in [0.15, 0.2) is 84.0 Å². The number of aliphatic hydroxyl groups is 5. The summed E-state index contributed by atoms with van der Waals surface area (Å²) in [5, 5.41) is 56.7. The van der Waals surface area contributed by atoms with E-state index in [1.54, 1.807) is 46.6 Å². The number of ether oxygens (including phenoxy) is 1. The summed E-state index contributed by atoms with van der Waals surface area (Å²) < 4.78 is 20.3. The van der Waals surface area contributed by atoms with Crippen LogP contribution in [0.3, 0.4) is 0 Å². The Balaban J connectivity index is 0.000000305. The highest BCUT2D eigenvalue weighted by Gasteiger charge is 2.38. The normalized spacial score (nSPS) is 14.8. The Bertz CT molecular complexity index is 1940. The minimum absolute atomic E-state index is 0.0109. The number of nitrogen functional groups attached to an aromatic ring is 1. The molecule has 14 nitrogen and oxygen atoms in total. The number of amides is 2. The Morgan fingerprint density at radius 1 is 1.06 bits per heavy atom. The Hall–Kier alpha value is -5.55. The van der Waals surface area contributed by atoms with Crippen LogP contribution in [0.2, 0.25) is 0 Å². The number of rotatable bonds is 8.